The van der Waals surface area contributed by atoms with Crippen LogP contribution < -0.4 is 4.74 Å². The molecule has 72 valence electrons. The molecule has 1 aromatic carbocycles. The van der Waals surface area contributed by atoms with Crippen LogP contribution in [-0.2, 0) is 5.88 Å². The maximum Gasteiger partial charge on any atom is 0.203 e. The monoisotopic (exact) mass is 210 g/mol. The van der Waals surface area contributed by atoms with Gasteiger partial charge in [0.1, 0.15) is 0 Å². The average molecular weight is 211 g/mol. The number of rotatable bonds is 2. The first kappa shape index (κ1) is 10.2. The quantitative estimate of drug-likeness (QED) is 0.539. The standard InChI is InChI=1S/C8H6ClF3O/c1-13-8-4(3-9)2-5(10)6(11)7(8)12/h2H,3H2,1H3. The Labute approximate surface area is 78.1 Å². The summed E-state index contributed by atoms with van der Waals surface area (Å²) < 4.78 is 42.7. The fourth-order valence-electron chi connectivity index (χ4n) is 0.947. The van der Waals surface area contributed by atoms with Gasteiger partial charge in [0.2, 0.25) is 5.82 Å². The minimum absolute atomic E-state index is 0.0839. The molecular formula is C8H6ClF3O. The van der Waals surface area contributed by atoms with Gasteiger partial charge in [-0.2, -0.15) is 4.39 Å². The van der Waals surface area contributed by atoms with Crippen LogP contribution in [0.15, 0.2) is 6.07 Å². The zero-order valence-corrected chi connectivity index (χ0v) is 7.46. The summed E-state index contributed by atoms with van der Waals surface area (Å²) in [5, 5.41) is 0. The lowest BCUT2D eigenvalue weighted by Gasteiger charge is -2.07. The lowest BCUT2D eigenvalue weighted by Crippen LogP contribution is -1.99. The topological polar surface area (TPSA) is 9.23 Å². The van der Waals surface area contributed by atoms with Crippen molar-refractivity contribution in [3.05, 3.63) is 29.1 Å². The molecule has 1 aromatic rings. The lowest BCUT2D eigenvalue weighted by molar-refractivity contribution is 0.357. The zero-order chi connectivity index (χ0) is 10.0. The van der Waals surface area contributed by atoms with Gasteiger partial charge >= 0.3 is 0 Å². The summed E-state index contributed by atoms with van der Waals surface area (Å²) in [6.07, 6.45) is 0. The SMILES string of the molecule is COc1c(CCl)cc(F)c(F)c1F. The molecule has 1 nitrogen and oxygen atoms in total. The van der Waals surface area contributed by atoms with Crippen molar-refractivity contribution in [2.24, 2.45) is 0 Å². The third-order valence-corrected chi connectivity index (χ3v) is 1.83. The Morgan fingerprint density at radius 3 is 2.38 bits per heavy atom. The molecule has 0 fully saturated rings. The first-order valence-electron chi connectivity index (χ1n) is 3.38. The smallest absolute Gasteiger partial charge is 0.203 e. The molecule has 0 N–H and O–H groups in total. The zero-order valence-electron chi connectivity index (χ0n) is 6.70. The second-order valence-electron chi connectivity index (χ2n) is 2.31. The minimum Gasteiger partial charge on any atom is -0.493 e. The molecule has 0 aliphatic carbocycles. The van der Waals surface area contributed by atoms with E-state index in [0.717, 1.165) is 13.2 Å². The number of benzene rings is 1. The van der Waals surface area contributed by atoms with E-state index in [-0.39, 0.29) is 17.2 Å². The van der Waals surface area contributed by atoms with E-state index in [1.54, 1.807) is 0 Å². The Morgan fingerprint density at radius 1 is 1.31 bits per heavy atom. The van der Waals surface area contributed by atoms with Gasteiger partial charge in [0.25, 0.3) is 0 Å². The number of alkyl halides is 1. The highest BCUT2D eigenvalue weighted by Crippen LogP contribution is 2.27. The molecule has 5 heteroatoms. The Hall–Kier alpha value is -0.900. The van der Waals surface area contributed by atoms with Crippen LogP contribution in [0.2, 0.25) is 0 Å². The molecule has 0 saturated carbocycles. The highest BCUT2D eigenvalue weighted by atomic mass is 35.5. The minimum atomic E-state index is -1.55. The molecule has 0 atom stereocenters. The van der Waals surface area contributed by atoms with Gasteiger partial charge in [0.05, 0.1) is 13.0 Å². The van der Waals surface area contributed by atoms with E-state index in [9.17, 15) is 13.2 Å². The van der Waals surface area contributed by atoms with Crippen molar-refractivity contribution in [2.45, 2.75) is 5.88 Å². The van der Waals surface area contributed by atoms with Crippen molar-refractivity contribution in [1.29, 1.82) is 0 Å². The molecule has 0 radical (unpaired) electrons. The van der Waals surface area contributed by atoms with E-state index < -0.39 is 17.5 Å². The first-order valence-corrected chi connectivity index (χ1v) is 3.91. The molecule has 0 heterocycles. The van der Waals surface area contributed by atoms with Crippen molar-refractivity contribution in [3.63, 3.8) is 0 Å². The number of ether oxygens (including phenoxy) is 1. The Balaban J connectivity index is 3.39. The van der Waals surface area contributed by atoms with Crippen molar-refractivity contribution >= 4 is 11.6 Å². The summed E-state index contributed by atoms with van der Waals surface area (Å²) in [6, 6.07) is 0.810. The van der Waals surface area contributed by atoms with E-state index in [1.165, 1.54) is 0 Å². The summed E-state index contributed by atoms with van der Waals surface area (Å²) in [5.74, 6) is -4.66. The fourth-order valence-corrected chi connectivity index (χ4v) is 1.15. The second-order valence-corrected chi connectivity index (χ2v) is 2.58. The van der Waals surface area contributed by atoms with Crippen molar-refractivity contribution < 1.29 is 17.9 Å². The van der Waals surface area contributed by atoms with E-state index in [2.05, 4.69) is 4.74 Å². The predicted octanol–water partition coefficient (Wildman–Crippen LogP) is 2.85. The van der Waals surface area contributed by atoms with Crippen LogP contribution in [0, 0.1) is 17.5 Å². The van der Waals surface area contributed by atoms with E-state index in [0.29, 0.717) is 0 Å². The molecular weight excluding hydrogens is 205 g/mol. The molecule has 0 bridgehead atoms. The molecule has 1 rings (SSSR count). The second kappa shape index (κ2) is 3.87. The fraction of sp³-hybridized carbons (Fsp3) is 0.250. The van der Waals surface area contributed by atoms with E-state index in [4.69, 9.17) is 11.6 Å². The molecule has 0 aliphatic rings. The van der Waals surface area contributed by atoms with Gasteiger partial charge in [-0.05, 0) is 6.07 Å². The Kier molecular flexibility index (Phi) is 3.03. The molecule has 13 heavy (non-hydrogen) atoms. The third-order valence-electron chi connectivity index (χ3n) is 1.54. The van der Waals surface area contributed by atoms with Crippen LogP contribution in [0.3, 0.4) is 0 Å². The number of methoxy groups -OCH3 is 1. The van der Waals surface area contributed by atoms with Crippen LogP contribution in [0.5, 0.6) is 5.75 Å². The van der Waals surface area contributed by atoms with Gasteiger partial charge in [-0.15, -0.1) is 11.6 Å². The summed E-state index contributed by atoms with van der Waals surface area (Å²) in [7, 11) is 1.16. The summed E-state index contributed by atoms with van der Waals surface area (Å²) in [4.78, 5) is 0. The Bertz CT molecular complexity index is 328. The van der Waals surface area contributed by atoms with Gasteiger partial charge in [-0.25, -0.2) is 8.78 Å². The summed E-state index contributed by atoms with van der Waals surface area (Å²) in [6.45, 7) is 0. The van der Waals surface area contributed by atoms with Crippen LogP contribution >= 0.6 is 11.6 Å². The molecule has 0 aromatic heterocycles. The van der Waals surface area contributed by atoms with Gasteiger partial charge in [0.15, 0.2) is 17.4 Å². The van der Waals surface area contributed by atoms with Crippen molar-refractivity contribution in [2.75, 3.05) is 7.11 Å². The lowest BCUT2D eigenvalue weighted by atomic mass is 10.2. The third kappa shape index (κ3) is 1.72. The molecule has 0 amide bonds. The predicted molar refractivity (Wildman–Crippen MR) is 42.4 cm³/mol. The summed E-state index contributed by atoms with van der Waals surface area (Å²) in [5.41, 5.74) is 0.0839. The number of hydrogen-bond donors (Lipinski definition) is 0. The maximum absolute atomic E-state index is 12.9. The molecule has 0 spiro atoms. The largest absolute Gasteiger partial charge is 0.493 e. The van der Waals surface area contributed by atoms with Crippen molar-refractivity contribution in [3.8, 4) is 5.75 Å². The van der Waals surface area contributed by atoms with Gasteiger partial charge in [-0.3, -0.25) is 0 Å². The van der Waals surface area contributed by atoms with Gasteiger partial charge in [0, 0.05) is 5.56 Å². The van der Waals surface area contributed by atoms with Gasteiger partial charge < -0.3 is 4.74 Å². The van der Waals surface area contributed by atoms with Crippen LogP contribution in [0.25, 0.3) is 0 Å². The van der Waals surface area contributed by atoms with Crippen LogP contribution in [0.1, 0.15) is 5.56 Å². The highest BCUT2D eigenvalue weighted by Gasteiger charge is 2.18. The van der Waals surface area contributed by atoms with Crippen LogP contribution in [-0.4, -0.2) is 7.11 Å². The average Bonchev–Trinajstić information content (AvgIpc) is 2.13. The van der Waals surface area contributed by atoms with E-state index in [1.807, 2.05) is 0 Å². The maximum atomic E-state index is 12.9. The highest BCUT2D eigenvalue weighted by molar-refractivity contribution is 6.17. The number of hydrogen-bond acceptors (Lipinski definition) is 1. The van der Waals surface area contributed by atoms with Gasteiger partial charge in [-0.1, -0.05) is 0 Å². The van der Waals surface area contributed by atoms with Crippen LogP contribution in [0.4, 0.5) is 13.2 Å². The van der Waals surface area contributed by atoms with E-state index >= 15 is 0 Å². The van der Waals surface area contributed by atoms with Crippen molar-refractivity contribution in [1.82, 2.24) is 0 Å². The Morgan fingerprint density at radius 2 is 1.92 bits per heavy atom. The summed E-state index contributed by atoms with van der Waals surface area (Å²) >= 11 is 5.37. The molecule has 0 aliphatic heterocycles. The normalized spacial score (nSPS) is 10.2. The molecule has 0 unspecified atom stereocenters. The number of halogens is 4. The molecule has 0 saturated heterocycles. The first-order chi connectivity index (χ1) is 6.11.